The van der Waals surface area contributed by atoms with Gasteiger partial charge in [0.15, 0.2) is 0 Å². The Balaban J connectivity index is 1.44. The van der Waals surface area contributed by atoms with Gasteiger partial charge in [-0.1, -0.05) is 24.3 Å². The highest BCUT2D eigenvalue weighted by atomic mass is 32.2. The summed E-state index contributed by atoms with van der Waals surface area (Å²) in [5.74, 6) is -1.23. The van der Waals surface area contributed by atoms with Gasteiger partial charge < -0.3 is 9.64 Å². The third-order valence-corrected chi connectivity index (χ3v) is 8.04. The fraction of sp³-hybridized carbons (Fsp3) is 0.269. The van der Waals surface area contributed by atoms with E-state index in [9.17, 15) is 22.0 Å². The van der Waals surface area contributed by atoms with Crippen molar-refractivity contribution in [1.82, 2.24) is 4.31 Å². The lowest BCUT2D eigenvalue weighted by Crippen LogP contribution is -2.33. The van der Waals surface area contributed by atoms with E-state index in [-0.39, 0.29) is 31.5 Å². The number of sulfonamides is 1. The van der Waals surface area contributed by atoms with Crippen molar-refractivity contribution < 1.29 is 26.7 Å². The molecule has 1 heterocycles. The molecule has 0 N–H and O–H groups in total. The Morgan fingerprint density at radius 3 is 2.54 bits per heavy atom. The lowest BCUT2D eigenvalue weighted by molar-refractivity contribution is -0.119. The summed E-state index contributed by atoms with van der Waals surface area (Å²) in [6.07, 6.45) is 1.76. The van der Waals surface area contributed by atoms with Crippen molar-refractivity contribution in [2.75, 3.05) is 18.1 Å². The summed E-state index contributed by atoms with van der Waals surface area (Å²) in [5, 5.41) is 0. The summed E-state index contributed by atoms with van der Waals surface area (Å²) in [6.45, 7) is 0.304. The molecule has 3 aromatic rings. The van der Waals surface area contributed by atoms with Crippen LogP contribution in [0.4, 0.5) is 14.5 Å². The van der Waals surface area contributed by atoms with Gasteiger partial charge in [-0.15, -0.1) is 0 Å². The number of fused-ring (bicyclic) bond motifs is 1. The summed E-state index contributed by atoms with van der Waals surface area (Å²) in [7, 11) is -4.30. The number of amides is 1. The molecule has 9 heteroatoms. The van der Waals surface area contributed by atoms with Crippen molar-refractivity contribution in [3.05, 3.63) is 89.5 Å². The van der Waals surface area contributed by atoms with Crippen LogP contribution in [0, 0.1) is 17.6 Å². The van der Waals surface area contributed by atoms with E-state index < -0.39 is 26.6 Å². The van der Waals surface area contributed by atoms with Gasteiger partial charge in [0.1, 0.15) is 28.9 Å². The standard InChI is InChI=1S/C26H24F2N2O4S/c27-21-9-10-23(28)25(15-21)35(32,33)29-12-13-34-24-11-6-18(14-20(24)17-29)16-30(26(31)19-7-8-19)22-4-2-1-3-5-22/h1-6,9-11,14-15,19H,7-8,12-13,16-17H2. The summed E-state index contributed by atoms with van der Waals surface area (Å²) in [5.41, 5.74) is 2.19. The maximum Gasteiger partial charge on any atom is 0.246 e. The minimum Gasteiger partial charge on any atom is -0.492 e. The second kappa shape index (κ2) is 9.39. The first kappa shape index (κ1) is 23.4. The molecule has 35 heavy (non-hydrogen) atoms. The molecule has 2 aliphatic rings. The number of halogens is 2. The molecule has 5 rings (SSSR count). The molecule has 3 aromatic carbocycles. The molecule has 0 bridgehead atoms. The van der Waals surface area contributed by atoms with Crippen molar-refractivity contribution >= 4 is 21.6 Å². The van der Waals surface area contributed by atoms with Crippen molar-refractivity contribution in [2.45, 2.75) is 30.8 Å². The first-order valence-corrected chi connectivity index (χ1v) is 12.8. The number of carbonyl (C=O) groups excluding carboxylic acids is 1. The Labute approximate surface area is 202 Å². The Morgan fingerprint density at radius 2 is 1.80 bits per heavy atom. The largest absolute Gasteiger partial charge is 0.492 e. The predicted molar refractivity (Wildman–Crippen MR) is 126 cm³/mol. The number of hydrogen-bond donors (Lipinski definition) is 0. The first-order chi connectivity index (χ1) is 16.8. The Morgan fingerprint density at radius 1 is 1.03 bits per heavy atom. The summed E-state index contributed by atoms with van der Waals surface area (Å²) < 4.78 is 61.1. The van der Waals surface area contributed by atoms with E-state index in [0.717, 1.165) is 40.5 Å². The molecule has 1 fully saturated rings. The van der Waals surface area contributed by atoms with E-state index in [1.807, 2.05) is 36.4 Å². The molecule has 0 spiro atoms. The normalized spacial score (nSPS) is 16.2. The molecule has 0 atom stereocenters. The molecular formula is C26H24F2N2O4S. The highest BCUT2D eigenvalue weighted by molar-refractivity contribution is 7.89. The van der Waals surface area contributed by atoms with Gasteiger partial charge in [0.05, 0.1) is 6.54 Å². The van der Waals surface area contributed by atoms with Crippen LogP contribution < -0.4 is 9.64 Å². The number of anilines is 1. The first-order valence-electron chi connectivity index (χ1n) is 11.4. The Kier molecular flexibility index (Phi) is 6.29. The maximum atomic E-state index is 14.3. The molecule has 1 aliphatic carbocycles. The van der Waals surface area contributed by atoms with Crippen molar-refractivity contribution in [3.63, 3.8) is 0 Å². The van der Waals surface area contributed by atoms with Crippen LogP contribution in [-0.4, -0.2) is 31.8 Å². The van der Waals surface area contributed by atoms with Gasteiger partial charge in [-0.25, -0.2) is 17.2 Å². The van der Waals surface area contributed by atoms with E-state index in [1.165, 1.54) is 0 Å². The smallest absolute Gasteiger partial charge is 0.246 e. The second-order valence-corrected chi connectivity index (χ2v) is 10.6. The van der Waals surface area contributed by atoms with E-state index in [2.05, 4.69) is 0 Å². The number of ether oxygens (including phenoxy) is 1. The topological polar surface area (TPSA) is 66.9 Å². The SMILES string of the molecule is O=C(C1CC1)N(Cc1ccc2c(c1)CN(S(=O)(=O)c1cc(F)ccc1F)CCO2)c1ccccc1. The predicted octanol–water partition coefficient (Wildman–Crippen LogP) is 4.49. The summed E-state index contributed by atoms with van der Waals surface area (Å²) >= 11 is 0. The molecule has 0 aromatic heterocycles. The molecule has 6 nitrogen and oxygen atoms in total. The lowest BCUT2D eigenvalue weighted by Gasteiger charge is -2.24. The van der Waals surface area contributed by atoms with Crippen molar-refractivity contribution in [3.8, 4) is 5.75 Å². The fourth-order valence-corrected chi connectivity index (χ4v) is 5.66. The highest BCUT2D eigenvalue weighted by Gasteiger charge is 2.34. The molecule has 0 radical (unpaired) electrons. The number of rotatable bonds is 6. The second-order valence-electron chi connectivity index (χ2n) is 8.74. The zero-order valence-electron chi connectivity index (χ0n) is 18.9. The van der Waals surface area contributed by atoms with E-state index in [1.54, 1.807) is 17.0 Å². The molecule has 182 valence electrons. The van der Waals surface area contributed by atoms with E-state index >= 15 is 0 Å². The average Bonchev–Trinajstić information content (AvgIpc) is 3.71. The molecule has 1 saturated carbocycles. The van der Waals surface area contributed by atoms with Crippen LogP contribution in [0.3, 0.4) is 0 Å². The molecule has 0 unspecified atom stereocenters. The van der Waals surface area contributed by atoms with Crippen molar-refractivity contribution in [2.24, 2.45) is 5.92 Å². The minimum atomic E-state index is -4.30. The fourth-order valence-electron chi connectivity index (χ4n) is 4.18. The molecule has 1 amide bonds. The minimum absolute atomic E-state index is 0.0153. The van der Waals surface area contributed by atoms with Crippen LogP contribution in [0.5, 0.6) is 5.75 Å². The number of para-hydroxylation sites is 1. The van der Waals surface area contributed by atoms with Crippen LogP contribution >= 0.6 is 0 Å². The third-order valence-electron chi connectivity index (χ3n) is 6.18. The van der Waals surface area contributed by atoms with E-state index in [4.69, 9.17) is 4.74 Å². The highest BCUT2D eigenvalue weighted by Crippen LogP contribution is 2.34. The van der Waals surface area contributed by atoms with Gasteiger partial charge in [-0.2, -0.15) is 4.31 Å². The van der Waals surface area contributed by atoms with Crippen LogP contribution in [0.2, 0.25) is 0 Å². The monoisotopic (exact) mass is 498 g/mol. The van der Waals surface area contributed by atoms with Gasteiger partial charge >= 0.3 is 0 Å². The zero-order chi connectivity index (χ0) is 24.6. The maximum absolute atomic E-state index is 14.3. The lowest BCUT2D eigenvalue weighted by atomic mass is 10.1. The Hall–Kier alpha value is -3.30. The van der Waals surface area contributed by atoms with Crippen LogP contribution in [0.15, 0.2) is 71.6 Å². The van der Waals surface area contributed by atoms with Crippen molar-refractivity contribution in [1.29, 1.82) is 0 Å². The summed E-state index contributed by atoms with van der Waals surface area (Å²) in [6, 6.07) is 17.2. The van der Waals surface area contributed by atoms with Gasteiger partial charge in [-0.3, -0.25) is 4.79 Å². The van der Waals surface area contributed by atoms with Crippen LogP contribution in [0.25, 0.3) is 0 Å². The number of carbonyl (C=O) groups is 1. The number of nitrogens with zero attached hydrogens (tertiary/aromatic N) is 2. The third kappa shape index (κ3) is 4.92. The zero-order valence-corrected chi connectivity index (χ0v) is 19.7. The quantitative estimate of drug-likeness (QED) is 0.502. The summed E-state index contributed by atoms with van der Waals surface area (Å²) in [4.78, 5) is 14.0. The molecular weight excluding hydrogens is 474 g/mol. The van der Waals surface area contributed by atoms with E-state index in [0.29, 0.717) is 23.9 Å². The molecule has 1 aliphatic heterocycles. The van der Waals surface area contributed by atoms with Gasteiger partial charge in [0, 0.05) is 30.3 Å². The molecule has 0 saturated heterocycles. The number of hydrogen-bond acceptors (Lipinski definition) is 4. The van der Waals surface area contributed by atoms with Gasteiger partial charge in [-0.05, 0) is 60.9 Å². The number of benzene rings is 3. The van der Waals surface area contributed by atoms with Gasteiger partial charge in [0.2, 0.25) is 15.9 Å². The average molecular weight is 499 g/mol. The van der Waals surface area contributed by atoms with Crippen LogP contribution in [0.1, 0.15) is 24.0 Å². The Bertz CT molecular complexity index is 1360. The van der Waals surface area contributed by atoms with Crippen LogP contribution in [-0.2, 0) is 27.9 Å². The van der Waals surface area contributed by atoms with Gasteiger partial charge in [0.25, 0.3) is 0 Å².